The summed E-state index contributed by atoms with van der Waals surface area (Å²) in [7, 11) is -2.21. The Bertz CT molecular complexity index is 1160. The quantitative estimate of drug-likeness (QED) is 0.573. The standard InChI is InChI=1S/C24H30N2O6S2/c1-3-32-24(28)21-19-8-4-5-9-20(19)33-23(21)25-22(27)16-7-6-14-26(15-16)34(29,30)18-12-10-17(31-2)11-13-18/h10-13,16H,3-9,14-15H2,1-2H3,(H,25,27)/t16-/m1/s1. The van der Waals surface area contributed by atoms with Crippen molar-refractivity contribution in [3.05, 3.63) is 40.3 Å². The Morgan fingerprint density at radius 3 is 2.59 bits per heavy atom. The number of hydrogen-bond donors (Lipinski definition) is 1. The molecule has 1 N–H and O–H groups in total. The fourth-order valence-electron chi connectivity index (χ4n) is 4.56. The first-order valence-electron chi connectivity index (χ1n) is 11.6. The summed E-state index contributed by atoms with van der Waals surface area (Å²) in [6, 6.07) is 6.24. The van der Waals surface area contributed by atoms with Crippen molar-refractivity contribution in [1.29, 1.82) is 0 Å². The van der Waals surface area contributed by atoms with Crippen molar-refractivity contribution in [1.82, 2.24) is 4.31 Å². The molecule has 184 valence electrons. The number of sulfonamides is 1. The number of hydrogen-bond acceptors (Lipinski definition) is 7. The van der Waals surface area contributed by atoms with Crippen molar-refractivity contribution in [2.75, 3.05) is 32.1 Å². The van der Waals surface area contributed by atoms with Gasteiger partial charge >= 0.3 is 5.97 Å². The molecule has 4 rings (SSSR count). The van der Waals surface area contributed by atoms with Gasteiger partial charge in [0.1, 0.15) is 10.8 Å². The second kappa shape index (κ2) is 10.5. The van der Waals surface area contributed by atoms with Crippen LogP contribution < -0.4 is 10.1 Å². The monoisotopic (exact) mass is 506 g/mol. The van der Waals surface area contributed by atoms with Gasteiger partial charge in [0.05, 0.1) is 30.1 Å². The van der Waals surface area contributed by atoms with Crippen molar-refractivity contribution < 1.29 is 27.5 Å². The zero-order valence-corrected chi connectivity index (χ0v) is 21.1. The smallest absolute Gasteiger partial charge is 0.341 e. The van der Waals surface area contributed by atoms with Gasteiger partial charge in [-0.3, -0.25) is 4.79 Å². The van der Waals surface area contributed by atoms with Gasteiger partial charge in [-0.15, -0.1) is 11.3 Å². The number of ether oxygens (including phenoxy) is 2. The SMILES string of the molecule is CCOC(=O)c1c(NC(=O)[C@@H]2CCCN(S(=O)(=O)c3ccc(OC)cc3)C2)sc2c1CCCC2. The lowest BCUT2D eigenvalue weighted by atomic mass is 9.95. The summed E-state index contributed by atoms with van der Waals surface area (Å²) in [6.07, 6.45) is 4.92. The number of benzene rings is 1. The Kier molecular flexibility index (Phi) is 7.59. The van der Waals surface area contributed by atoms with Crippen LogP contribution in [0.5, 0.6) is 5.75 Å². The van der Waals surface area contributed by atoms with Crippen LogP contribution in [0, 0.1) is 5.92 Å². The molecule has 1 fully saturated rings. The van der Waals surface area contributed by atoms with Crippen LogP contribution in [0.3, 0.4) is 0 Å². The number of thiophene rings is 1. The normalized spacial score (nSPS) is 18.7. The summed E-state index contributed by atoms with van der Waals surface area (Å²) < 4.78 is 38.1. The number of fused-ring (bicyclic) bond motifs is 1. The molecule has 1 amide bonds. The van der Waals surface area contributed by atoms with Gasteiger partial charge in [-0.1, -0.05) is 0 Å². The lowest BCUT2D eigenvalue weighted by Gasteiger charge is -2.31. The molecule has 2 aromatic rings. The number of rotatable bonds is 7. The van der Waals surface area contributed by atoms with Gasteiger partial charge < -0.3 is 14.8 Å². The second-order valence-corrected chi connectivity index (χ2v) is 11.5. The maximum atomic E-state index is 13.2. The van der Waals surface area contributed by atoms with Crippen LogP contribution in [0.15, 0.2) is 29.2 Å². The van der Waals surface area contributed by atoms with E-state index >= 15 is 0 Å². The van der Waals surface area contributed by atoms with Crippen LogP contribution in [0.25, 0.3) is 0 Å². The molecular weight excluding hydrogens is 476 g/mol. The number of esters is 1. The van der Waals surface area contributed by atoms with E-state index in [4.69, 9.17) is 9.47 Å². The zero-order chi connectivity index (χ0) is 24.3. The van der Waals surface area contributed by atoms with Gasteiger partial charge in [0.15, 0.2) is 0 Å². The molecule has 1 aliphatic carbocycles. The van der Waals surface area contributed by atoms with Crippen molar-refractivity contribution >= 4 is 38.2 Å². The maximum absolute atomic E-state index is 13.2. The Hall–Kier alpha value is -2.43. The molecule has 0 spiro atoms. The molecule has 34 heavy (non-hydrogen) atoms. The maximum Gasteiger partial charge on any atom is 0.341 e. The highest BCUT2D eigenvalue weighted by Gasteiger charge is 2.35. The molecule has 0 unspecified atom stereocenters. The molecule has 10 heteroatoms. The third-order valence-electron chi connectivity index (χ3n) is 6.34. The minimum absolute atomic E-state index is 0.0972. The molecule has 0 saturated carbocycles. The van der Waals surface area contributed by atoms with Crippen LogP contribution in [0.4, 0.5) is 5.00 Å². The molecule has 2 aliphatic rings. The average Bonchev–Trinajstić information content (AvgIpc) is 3.22. The number of carbonyl (C=O) groups is 2. The molecule has 0 bridgehead atoms. The van der Waals surface area contributed by atoms with Gasteiger partial charge in [0, 0.05) is 18.0 Å². The fourth-order valence-corrected chi connectivity index (χ4v) is 7.36. The second-order valence-electron chi connectivity index (χ2n) is 8.50. The Labute approximate surface area is 204 Å². The number of carbonyl (C=O) groups excluding carboxylic acids is 2. The molecule has 1 aliphatic heterocycles. The summed E-state index contributed by atoms with van der Waals surface area (Å²) in [5.74, 6) is -0.606. The van der Waals surface area contributed by atoms with Crippen LogP contribution in [-0.2, 0) is 32.4 Å². The van der Waals surface area contributed by atoms with Gasteiger partial charge in [0.2, 0.25) is 15.9 Å². The average molecular weight is 507 g/mol. The van der Waals surface area contributed by atoms with Crippen LogP contribution in [0.2, 0.25) is 0 Å². The summed E-state index contributed by atoms with van der Waals surface area (Å²) in [5.41, 5.74) is 1.45. The molecule has 1 aromatic carbocycles. The number of amides is 1. The predicted octanol–water partition coefficient (Wildman–Crippen LogP) is 3.85. The molecule has 1 saturated heterocycles. The number of nitrogens with one attached hydrogen (secondary N) is 1. The minimum atomic E-state index is -3.73. The topological polar surface area (TPSA) is 102 Å². The Morgan fingerprint density at radius 2 is 1.88 bits per heavy atom. The summed E-state index contributed by atoms with van der Waals surface area (Å²) >= 11 is 1.44. The first kappa shape index (κ1) is 24.7. The van der Waals surface area contributed by atoms with Crippen molar-refractivity contribution in [3.8, 4) is 5.75 Å². The zero-order valence-electron chi connectivity index (χ0n) is 19.5. The number of piperidine rings is 1. The molecular formula is C24H30N2O6S2. The lowest BCUT2D eigenvalue weighted by molar-refractivity contribution is -0.120. The third kappa shape index (κ3) is 4.99. The van der Waals surface area contributed by atoms with E-state index in [1.54, 1.807) is 19.1 Å². The largest absolute Gasteiger partial charge is 0.497 e. The number of anilines is 1. The van der Waals surface area contributed by atoms with E-state index in [0.717, 1.165) is 36.1 Å². The van der Waals surface area contributed by atoms with Gasteiger partial charge in [-0.2, -0.15) is 4.31 Å². The third-order valence-corrected chi connectivity index (χ3v) is 9.43. The van der Waals surface area contributed by atoms with E-state index in [2.05, 4.69) is 5.32 Å². The van der Waals surface area contributed by atoms with E-state index in [-0.39, 0.29) is 24.0 Å². The van der Waals surface area contributed by atoms with Crippen LogP contribution in [0.1, 0.15) is 53.4 Å². The minimum Gasteiger partial charge on any atom is -0.497 e. The van der Waals surface area contributed by atoms with E-state index in [1.165, 1.54) is 34.9 Å². The summed E-state index contributed by atoms with van der Waals surface area (Å²) in [6.45, 7) is 2.48. The lowest BCUT2D eigenvalue weighted by Crippen LogP contribution is -2.43. The van der Waals surface area contributed by atoms with Crippen molar-refractivity contribution in [3.63, 3.8) is 0 Å². The Balaban J connectivity index is 1.52. The van der Waals surface area contributed by atoms with Gasteiger partial charge in [-0.25, -0.2) is 13.2 Å². The summed E-state index contributed by atoms with van der Waals surface area (Å²) in [4.78, 5) is 27.2. The summed E-state index contributed by atoms with van der Waals surface area (Å²) in [5, 5.41) is 3.46. The molecule has 1 aromatic heterocycles. The highest BCUT2D eigenvalue weighted by molar-refractivity contribution is 7.89. The fraction of sp³-hybridized carbons (Fsp3) is 0.500. The predicted molar refractivity (Wildman–Crippen MR) is 130 cm³/mol. The number of nitrogens with zero attached hydrogens (tertiary/aromatic N) is 1. The van der Waals surface area contributed by atoms with Crippen molar-refractivity contribution in [2.45, 2.75) is 50.3 Å². The van der Waals surface area contributed by atoms with Crippen LogP contribution in [-0.4, -0.2) is 51.4 Å². The van der Waals surface area contributed by atoms with Crippen LogP contribution >= 0.6 is 11.3 Å². The molecule has 1 atom stereocenters. The number of aryl methyl sites for hydroxylation is 1. The number of methoxy groups -OCH3 is 1. The Morgan fingerprint density at radius 1 is 1.15 bits per heavy atom. The highest BCUT2D eigenvalue weighted by atomic mass is 32.2. The van der Waals surface area contributed by atoms with E-state index in [9.17, 15) is 18.0 Å². The first-order valence-corrected chi connectivity index (χ1v) is 13.9. The van der Waals surface area contributed by atoms with E-state index in [1.807, 2.05) is 0 Å². The van der Waals surface area contributed by atoms with E-state index in [0.29, 0.717) is 35.7 Å². The van der Waals surface area contributed by atoms with Crippen molar-refractivity contribution in [2.24, 2.45) is 5.92 Å². The molecule has 0 radical (unpaired) electrons. The highest BCUT2D eigenvalue weighted by Crippen LogP contribution is 2.39. The first-order chi connectivity index (χ1) is 16.3. The molecule has 8 nitrogen and oxygen atoms in total. The molecule has 2 heterocycles. The van der Waals surface area contributed by atoms with Gasteiger partial charge in [-0.05, 0) is 75.3 Å². The van der Waals surface area contributed by atoms with E-state index < -0.39 is 21.9 Å². The van der Waals surface area contributed by atoms with Gasteiger partial charge in [0.25, 0.3) is 0 Å².